The number of morpholine rings is 1. The number of esters is 2. The molecule has 186 valence electrons. The number of carbonyl (C=O) groups excluding carboxylic acids is 3. The standard InChI is InChI=1S/C24H23F3N2O6/c1-14(34-23(32)20-12-15-4-2-3-5-17(15)22(31)35-20)21(30)28-18-13-16(24(25,26)27)6-7-19(18)29-8-10-33-11-9-29/h2-7,13-14,20H,8-12H2,1H3,(H,28,30)/t14-,20+/m0/s1. The highest BCUT2D eigenvalue weighted by Crippen LogP contribution is 2.36. The number of anilines is 2. The van der Waals surface area contributed by atoms with Crippen LogP contribution in [0.25, 0.3) is 0 Å². The molecule has 0 bridgehead atoms. The Morgan fingerprint density at radius 2 is 1.86 bits per heavy atom. The third-order valence-corrected chi connectivity index (χ3v) is 5.75. The first-order chi connectivity index (χ1) is 16.6. The van der Waals surface area contributed by atoms with Crippen molar-refractivity contribution in [3.63, 3.8) is 0 Å². The van der Waals surface area contributed by atoms with Crippen molar-refractivity contribution in [1.82, 2.24) is 0 Å². The molecule has 1 amide bonds. The van der Waals surface area contributed by atoms with Crippen LogP contribution in [0.1, 0.15) is 28.4 Å². The Morgan fingerprint density at radius 3 is 2.57 bits per heavy atom. The number of ether oxygens (including phenoxy) is 3. The number of hydrogen-bond acceptors (Lipinski definition) is 7. The predicted molar refractivity (Wildman–Crippen MR) is 118 cm³/mol. The van der Waals surface area contributed by atoms with Crippen LogP contribution in [0, 0.1) is 0 Å². The van der Waals surface area contributed by atoms with E-state index in [9.17, 15) is 27.6 Å². The summed E-state index contributed by atoms with van der Waals surface area (Å²) in [5, 5.41) is 2.45. The van der Waals surface area contributed by atoms with Crippen molar-refractivity contribution in [2.75, 3.05) is 36.5 Å². The van der Waals surface area contributed by atoms with Crippen LogP contribution >= 0.6 is 0 Å². The smallest absolute Gasteiger partial charge is 0.416 e. The second-order valence-corrected chi connectivity index (χ2v) is 8.15. The van der Waals surface area contributed by atoms with Gasteiger partial charge in [-0.05, 0) is 36.8 Å². The van der Waals surface area contributed by atoms with Crippen LogP contribution in [-0.4, -0.2) is 56.4 Å². The number of nitrogens with one attached hydrogen (secondary N) is 1. The first-order valence-corrected chi connectivity index (χ1v) is 11.0. The molecule has 0 spiro atoms. The van der Waals surface area contributed by atoms with Gasteiger partial charge in [0.2, 0.25) is 6.10 Å². The summed E-state index contributed by atoms with van der Waals surface area (Å²) in [7, 11) is 0. The molecule has 4 rings (SSSR count). The number of alkyl halides is 3. The van der Waals surface area contributed by atoms with E-state index in [1.165, 1.54) is 13.0 Å². The Labute approximate surface area is 198 Å². The summed E-state index contributed by atoms with van der Waals surface area (Å²) in [4.78, 5) is 39.3. The molecule has 1 fully saturated rings. The van der Waals surface area contributed by atoms with Crippen molar-refractivity contribution < 1.29 is 41.8 Å². The fourth-order valence-electron chi connectivity index (χ4n) is 3.89. The van der Waals surface area contributed by atoms with Gasteiger partial charge in [-0.15, -0.1) is 0 Å². The van der Waals surface area contributed by atoms with E-state index >= 15 is 0 Å². The number of halogens is 3. The Balaban J connectivity index is 1.47. The van der Waals surface area contributed by atoms with E-state index in [0.717, 1.165) is 12.1 Å². The molecule has 2 heterocycles. The molecule has 0 aromatic heterocycles. The molecular weight excluding hydrogens is 469 g/mol. The molecule has 0 radical (unpaired) electrons. The second kappa shape index (κ2) is 9.95. The van der Waals surface area contributed by atoms with E-state index in [1.54, 1.807) is 29.2 Å². The van der Waals surface area contributed by atoms with E-state index in [-0.39, 0.29) is 12.1 Å². The molecule has 2 aromatic carbocycles. The normalized spacial score (nSPS) is 18.8. The summed E-state index contributed by atoms with van der Waals surface area (Å²) >= 11 is 0. The molecule has 2 atom stereocenters. The molecule has 35 heavy (non-hydrogen) atoms. The molecule has 8 nitrogen and oxygen atoms in total. The van der Waals surface area contributed by atoms with Crippen molar-refractivity contribution in [2.45, 2.75) is 31.7 Å². The number of hydrogen-bond donors (Lipinski definition) is 1. The first-order valence-electron chi connectivity index (χ1n) is 11.0. The topological polar surface area (TPSA) is 94.2 Å². The number of carbonyl (C=O) groups is 3. The van der Waals surface area contributed by atoms with E-state index in [2.05, 4.69) is 5.32 Å². The monoisotopic (exact) mass is 492 g/mol. The van der Waals surface area contributed by atoms with Crippen LogP contribution in [0.3, 0.4) is 0 Å². The van der Waals surface area contributed by atoms with Crippen molar-refractivity contribution >= 4 is 29.2 Å². The SMILES string of the molecule is C[C@H](OC(=O)[C@H]1Cc2ccccc2C(=O)O1)C(=O)Nc1cc(C(F)(F)F)ccc1N1CCOCC1. The molecule has 11 heteroatoms. The average molecular weight is 492 g/mol. The molecule has 0 unspecified atom stereocenters. The van der Waals surface area contributed by atoms with Gasteiger partial charge in [0.15, 0.2) is 6.10 Å². The lowest BCUT2D eigenvalue weighted by atomic mass is 9.99. The van der Waals surface area contributed by atoms with E-state index in [1.807, 2.05) is 0 Å². The highest BCUT2D eigenvalue weighted by atomic mass is 19.4. The summed E-state index contributed by atoms with van der Waals surface area (Å²) in [6, 6.07) is 9.74. The predicted octanol–water partition coefficient (Wildman–Crippen LogP) is 3.19. The molecule has 0 saturated carbocycles. The van der Waals surface area contributed by atoms with E-state index in [0.29, 0.717) is 43.1 Å². The van der Waals surface area contributed by atoms with Crippen molar-refractivity contribution in [3.05, 3.63) is 59.2 Å². The highest BCUT2D eigenvalue weighted by molar-refractivity contribution is 5.99. The van der Waals surface area contributed by atoms with Gasteiger partial charge in [0.25, 0.3) is 5.91 Å². The Kier molecular flexibility index (Phi) is 6.97. The third kappa shape index (κ3) is 5.56. The number of rotatable bonds is 5. The van der Waals surface area contributed by atoms with Gasteiger partial charge in [-0.3, -0.25) is 4.79 Å². The molecule has 2 aliphatic rings. The van der Waals surface area contributed by atoms with E-state index in [4.69, 9.17) is 14.2 Å². The van der Waals surface area contributed by atoms with Gasteiger partial charge in [0, 0.05) is 19.5 Å². The summed E-state index contributed by atoms with van der Waals surface area (Å²) in [6.07, 6.45) is -7.11. The number of cyclic esters (lactones) is 1. The highest BCUT2D eigenvalue weighted by Gasteiger charge is 2.35. The van der Waals surface area contributed by atoms with E-state index < -0.39 is 41.8 Å². The largest absolute Gasteiger partial charge is 0.450 e. The van der Waals surface area contributed by atoms with Gasteiger partial charge in [0.1, 0.15) is 0 Å². The average Bonchev–Trinajstić information content (AvgIpc) is 2.84. The lowest BCUT2D eigenvalue weighted by Gasteiger charge is -2.31. The van der Waals surface area contributed by atoms with Crippen LogP contribution < -0.4 is 10.2 Å². The fraction of sp³-hybridized carbons (Fsp3) is 0.375. The fourth-order valence-corrected chi connectivity index (χ4v) is 3.89. The van der Waals surface area contributed by atoms with Gasteiger partial charge in [-0.2, -0.15) is 13.2 Å². The molecule has 0 aliphatic carbocycles. The molecule has 1 N–H and O–H groups in total. The van der Waals surface area contributed by atoms with Crippen LogP contribution in [-0.2, 0) is 36.4 Å². The summed E-state index contributed by atoms with van der Waals surface area (Å²) in [6.45, 7) is 2.95. The molecule has 2 aliphatic heterocycles. The lowest BCUT2D eigenvalue weighted by molar-refractivity contribution is -0.162. The van der Waals surface area contributed by atoms with Crippen LogP contribution in [0.15, 0.2) is 42.5 Å². The summed E-state index contributed by atoms with van der Waals surface area (Å²) in [5.41, 5.74) is 0.366. The van der Waals surface area contributed by atoms with Gasteiger partial charge in [-0.25, -0.2) is 9.59 Å². The Morgan fingerprint density at radius 1 is 1.14 bits per heavy atom. The maximum absolute atomic E-state index is 13.3. The van der Waals surface area contributed by atoms with Gasteiger partial charge < -0.3 is 24.4 Å². The molecule has 2 aromatic rings. The van der Waals surface area contributed by atoms with Crippen molar-refractivity contribution in [2.24, 2.45) is 0 Å². The van der Waals surface area contributed by atoms with Gasteiger partial charge >= 0.3 is 18.1 Å². The second-order valence-electron chi connectivity index (χ2n) is 8.15. The molecule has 1 saturated heterocycles. The minimum absolute atomic E-state index is 0.0624. The van der Waals surface area contributed by atoms with Crippen LogP contribution in [0.4, 0.5) is 24.5 Å². The maximum Gasteiger partial charge on any atom is 0.416 e. The maximum atomic E-state index is 13.3. The van der Waals surface area contributed by atoms with Crippen LogP contribution in [0.5, 0.6) is 0 Å². The Hall–Kier alpha value is -3.60. The number of nitrogens with zero attached hydrogens (tertiary/aromatic N) is 1. The summed E-state index contributed by atoms with van der Waals surface area (Å²) < 4.78 is 55.5. The minimum Gasteiger partial charge on any atom is -0.450 e. The van der Waals surface area contributed by atoms with Crippen molar-refractivity contribution in [1.29, 1.82) is 0 Å². The number of amides is 1. The minimum atomic E-state index is -4.61. The first kappa shape index (κ1) is 24.5. The zero-order valence-electron chi connectivity index (χ0n) is 18.8. The third-order valence-electron chi connectivity index (χ3n) is 5.75. The van der Waals surface area contributed by atoms with Crippen LogP contribution in [0.2, 0.25) is 0 Å². The quantitative estimate of drug-likeness (QED) is 0.641. The van der Waals surface area contributed by atoms with Gasteiger partial charge in [0.05, 0.1) is 35.7 Å². The zero-order chi connectivity index (χ0) is 25.2. The van der Waals surface area contributed by atoms with Crippen molar-refractivity contribution in [3.8, 4) is 0 Å². The molecular formula is C24H23F3N2O6. The zero-order valence-corrected chi connectivity index (χ0v) is 18.8. The summed E-state index contributed by atoms with van der Waals surface area (Å²) in [5.74, 6) is -2.42. The van der Waals surface area contributed by atoms with Gasteiger partial charge in [-0.1, -0.05) is 18.2 Å². The number of benzene rings is 2. The number of fused-ring (bicyclic) bond motifs is 1. The lowest BCUT2D eigenvalue weighted by Crippen LogP contribution is -2.40. The Bertz CT molecular complexity index is 1130.